The van der Waals surface area contributed by atoms with E-state index in [1.165, 1.54) is 0 Å². The van der Waals surface area contributed by atoms with E-state index in [-0.39, 0.29) is 5.75 Å². The number of nitrogens with zero attached hydrogens (tertiary/aromatic N) is 2. The van der Waals surface area contributed by atoms with Crippen LogP contribution in [-0.2, 0) is 4.79 Å². The zero-order chi connectivity index (χ0) is 18.8. The number of hydrogen-bond acceptors (Lipinski definition) is 5. The Hall–Kier alpha value is -3.14. The monoisotopic (exact) mass is 382 g/mol. The number of nitrogens with two attached hydrogens (primary N) is 1. The van der Waals surface area contributed by atoms with Gasteiger partial charge >= 0.3 is 5.97 Å². The van der Waals surface area contributed by atoms with Crippen LogP contribution >= 0.6 is 11.8 Å². The lowest BCUT2D eigenvalue weighted by molar-refractivity contribution is -0.825. The molecule has 0 aliphatic rings. The average Bonchev–Trinajstić information content (AvgIpc) is 3.35. The van der Waals surface area contributed by atoms with Gasteiger partial charge in [0.15, 0.2) is 11.5 Å². The van der Waals surface area contributed by atoms with Crippen molar-refractivity contribution in [3.63, 3.8) is 0 Å². The number of fused-ring (bicyclic) bond motifs is 1. The molecule has 4 rings (SSSR count). The SMILES string of the molecule is O=C(O)CSc1n[nH]c(-c2cc([NH2+]O)cc(-c3cccc4[nH]ccc34)c2)n1. The molecule has 0 unspecified atom stereocenters. The summed E-state index contributed by atoms with van der Waals surface area (Å²) in [5.41, 5.74) is 5.40. The zero-order valence-electron chi connectivity index (χ0n) is 14.0. The summed E-state index contributed by atoms with van der Waals surface area (Å²) >= 11 is 1.04. The molecule has 0 bridgehead atoms. The van der Waals surface area contributed by atoms with E-state index < -0.39 is 5.97 Å². The molecule has 2 aromatic heterocycles. The first-order valence-corrected chi connectivity index (χ1v) is 9.09. The average molecular weight is 382 g/mol. The summed E-state index contributed by atoms with van der Waals surface area (Å²) in [4.78, 5) is 18.2. The minimum atomic E-state index is -0.926. The van der Waals surface area contributed by atoms with Crippen LogP contribution in [-0.4, -0.2) is 42.2 Å². The minimum Gasteiger partial charge on any atom is -0.481 e. The highest BCUT2D eigenvalue weighted by Crippen LogP contribution is 2.32. The smallest absolute Gasteiger partial charge is 0.313 e. The van der Waals surface area contributed by atoms with Crippen molar-refractivity contribution < 1.29 is 20.6 Å². The van der Waals surface area contributed by atoms with Crippen LogP contribution in [0.2, 0.25) is 0 Å². The zero-order valence-corrected chi connectivity index (χ0v) is 14.8. The van der Waals surface area contributed by atoms with Gasteiger partial charge in [0.25, 0.3) is 0 Å². The highest BCUT2D eigenvalue weighted by molar-refractivity contribution is 7.99. The fraction of sp³-hybridized carbons (Fsp3) is 0.0556. The number of quaternary nitrogens is 1. The Morgan fingerprint density at radius 1 is 1.19 bits per heavy atom. The quantitative estimate of drug-likeness (QED) is 0.198. The van der Waals surface area contributed by atoms with Crippen LogP contribution in [0.3, 0.4) is 0 Å². The highest BCUT2D eigenvalue weighted by atomic mass is 32.2. The molecule has 8 nitrogen and oxygen atoms in total. The molecule has 0 amide bonds. The van der Waals surface area contributed by atoms with Crippen molar-refractivity contribution in [3.05, 3.63) is 48.7 Å². The number of carbonyl (C=O) groups is 1. The molecule has 6 N–H and O–H groups in total. The number of H-pyrrole nitrogens is 2. The van der Waals surface area contributed by atoms with Gasteiger partial charge in [0, 0.05) is 34.8 Å². The van der Waals surface area contributed by atoms with Gasteiger partial charge in [0.05, 0.1) is 5.75 Å². The number of carboxylic acids is 1. The summed E-state index contributed by atoms with van der Waals surface area (Å²) in [7, 11) is 0. The Morgan fingerprint density at radius 3 is 2.85 bits per heavy atom. The van der Waals surface area contributed by atoms with Crippen molar-refractivity contribution >= 4 is 34.3 Å². The Kier molecular flexibility index (Phi) is 4.63. The van der Waals surface area contributed by atoms with E-state index >= 15 is 0 Å². The summed E-state index contributed by atoms with van der Waals surface area (Å²) < 4.78 is 0. The summed E-state index contributed by atoms with van der Waals surface area (Å²) in [5, 5.41) is 26.7. The Balaban J connectivity index is 1.76. The Bertz CT molecular complexity index is 1120. The van der Waals surface area contributed by atoms with Crippen molar-refractivity contribution in [2.75, 3.05) is 5.75 Å². The number of aliphatic carboxylic acids is 1. The highest BCUT2D eigenvalue weighted by Gasteiger charge is 2.13. The molecule has 0 spiro atoms. The van der Waals surface area contributed by atoms with Gasteiger partial charge in [0.2, 0.25) is 5.16 Å². The topological polar surface area (TPSA) is 132 Å². The third kappa shape index (κ3) is 3.56. The van der Waals surface area contributed by atoms with Crippen molar-refractivity contribution in [1.29, 1.82) is 0 Å². The van der Waals surface area contributed by atoms with Gasteiger partial charge in [-0.25, -0.2) is 10.2 Å². The minimum absolute atomic E-state index is 0.109. The van der Waals surface area contributed by atoms with Gasteiger partial charge in [0.1, 0.15) is 0 Å². The number of rotatable bonds is 6. The van der Waals surface area contributed by atoms with E-state index in [4.69, 9.17) is 5.11 Å². The van der Waals surface area contributed by atoms with Crippen LogP contribution in [0.5, 0.6) is 0 Å². The summed E-state index contributed by atoms with van der Waals surface area (Å²) in [6.07, 6.45) is 1.89. The second-order valence-corrected chi connectivity index (χ2v) is 6.81. The molecule has 2 heterocycles. The molecular weight excluding hydrogens is 366 g/mol. The number of carboxylic acid groups (broad SMARTS) is 1. The maximum absolute atomic E-state index is 10.7. The Labute approximate surface area is 157 Å². The van der Waals surface area contributed by atoms with Crippen molar-refractivity contribution in [1.82, 2.24) is 20.2 Å². The van der Waals surface area contributed by atoms with Crippen LogP contribution < -0.4 is 5.48 Å². The number of hydrogen-bond donors (Lipinski definition) is 5. The maximum atomic E-state index is 10.7. The van der Waals surface area contributed by atoms with Crippen LogP contribution in [0.15, 0.2) is 53.8 Å². The van der Waals surface area contributed by atoms with Crippen LogP contribution in [0.1, 0.15) is 0 Å². The first kappa shape index (κ1) is 17.3. The second-order valence-electron chi connectivity index (χ2n) is 5.87. The van der Waals surface area contributed by atoms with Crippen molar-refractivity contribution in [2.24, 2.45) is 0 Å². The van der Waals surface area contributed by atoms with Gasteiger partial charge in [-0.1, -0.05) is 23.9 Å². The number of nitrogens with one attached hydrogen (secondary N) is 2. The summed E-state index contributed by atoms with van der Waals surface area (Å²) in [6.45, 7) is 0. The molecule has 0 atom stereocenters. The molecule has 9 heteroatoms. The van der Waals surface area contributed by atoms with Crippen molar-refractivity contribution in [2.45, 2.75) is 5.16 Å². The first-order valence-electron chi connectivity index (χ1n) is 8.10. The van der Waals surface area contributed by atoms with Crippen LogP contribution in [0.4, 0.5) is 5.69 Å². The van der Waals surface area contributed by atoms with Gasteiger partial charge < -0.3 is 10.1 Å². The normalized spacial score (nSPS) is 11.1. The molecule has 0 radical (unpaired) electrons. The lowest BCUT2D eigenvalue weighted by Crippen LogP contribution is -2.73. The first-order chi connectivity index (χ1) is 13.1. The van der Waals surface area contributed by atoms with Crippen molar-refractivity contribution in [3.8, 4) is 22.5 Å². The molecular formula is C18H16N5O3S+. The summed E-state index contributed by atoms with van der Waals surface area (Å²) in [5.74, 6) is -0.526. The molecule has 0 fully saturated rings. The van der Waals surface area contributed by atoms with E-state index in [0.29, 0.717) is 16.7 Å². The van der Waals surface area contributed by atoms with Crippen LogP contribution in [0, 0.1) is 0 Å². The van der Waals surface area contributed by atoms with E-state index in [9.17, 15) is 10.0 Å². The fourth-order valence-electron chi connectivity index (χ4n) is 2.92. The van der Waals surface area contributed by atoms with Gasteiger partial charge in [-0.2, -0.15) is 5.48 Å². The van der Waals surface area contributed by atoms with Gasteiger partial charge in [-0.3, -0.25) is 9.89 Å². The molecule has 136 valence electrons. The van der Waals surface area contributed by atoms with Crippen LogP contribution in [0.25, 0.3) is 33.4 Å². The summed E-state index contributed by atoms with van der Waals surface area (Å²) in [6, 6.07) is 13.6. The number of aromatic nitrogens is 4. The molecule has 4 aromatic rings. The number of benzene rings is 2. The van der Waals surface area contributed by atoms with E-state index in [1.54, 1.807) is 6.07 Å². The third-order valence-corrected chi connectivity index (χ3v) is 4.91. The maximum Gasteiger partial charge on any atom is 0.313 e. The van der Waals surface area contributed by atoms with E-state index in [0.717, 1.165) is 44.8 Å². The molecule has 27 heavy (non-hydrogen) atoms. The van der Waals surface area contributed by atoms with Gasteiger partial charge in [-0.15, -0.1) is 5.10 Å². The molecule has 0 aliphatic carbocycles. The lowest BCUT2D eigenvalue weighted by Gasteiger charge is -2.07. The predicted molar refractivity (Wildman–Crippen MR) is 101 cm³/mol. The van der Waals surface area contributed by atoms with Gasteiger partial charge in [-0.05, 0) is 29.3 Å². The lowest BCUT2D eigenvalue weighted by atomic mass is 9.99. The van der Waals surface area contributed by atoms with E-state index in [2.05, 4.69) is 20.2 Å². The predicted octanol–water partition coefficient (Wildman–Crippen LogP) is 2.38. The largest absolute Gasteiger partial charge is 0.481 e. The molecule has 0 saturated heterocycles. The number of thioether (sulfide) groups is 1. The second kappa shape index (κ2) is 7.23. The number of aromatic amines is 2. The fourth-order valence-corrected chi connectivity index (χ4v) is 3.44. The molecule has 2 aromatic carbocycles. The Morgan fingerprint density at radius 2 is 2.04 bits per heavy atom. The molecule has 0 aliphatic heterocycles. The standard InChI is InChI=1S/C18H15N5O3S/c24-16(25)9-27-18-20-17(21-22-18)11-6-10(7-12(8-11)23-26)13-2-1-3-15-14(13)4-5-19-15/h1-8,19,23,26H,9H2,(H,24,25)(H,20,21,22)/p+1. The molecule has 0 saturated carbocycles. The third-order valence-electron chi connectivity index (χ3n) is 4.07. The van der Waals surface area contributed by atoms with E-state index in [1.807, 2.05) is 42.6 Å².